The van der Waals surface area contributed by atoms with Crippen LogP contribution in [0.3, 0.4) is 0 Å². The number of hydrogen-bond acceptors (Lipinski definition) is 5. The molecule has 0 aromatic heterocycles. The van der Waals surface area contributed by atoms with Gasteiger partial charge < -0.3 is 15.2 Å². The molecule has 100 valence electrons. The number of ether oxygens (including phenoxy) is 1. The van der Waals surface area contributed by atoms with Crippen LogP contribution in [0.15, 0.2) is 24.3 Å². The van der Waals surface area contributed by atoms with Crippen LogP contribution in [0.4, 0.5) is 5.69 Å². The van der Waals surface area contributed by atoms with E-state index in [4.69, 9.17) is 4.74 Å². The van der Waals surface area contributed by atoms with Gasteiger partial charge in [-0.1, -0.05) is 18.2 Å². The summed E-state index contributed by atoms with van der Waals surface area (Å²) in [6.45, 7) is 2.37. The fourth-order valence-corrected chi connectivity index (χ4v) is 1.69. The number of methoxy groups -OCH3 is 1. The Morgan fingerprint density at radius 3 is 2.78 bits per heavy atom. The van der Waals surface area contributed by atoms with Gasteiger partial charge in [0.2, 0.25) is 0 Å². The molecular formula is C12H18N2O4. The van der Waals surface area contributed by atoms with Crippen LogP contribution >= 0.6 is 0 Å². The third-order valence-corrected chi connectivity index (χ3v) is 2.62. The molecule has 0 saturated heterocycles. The van der Waals surface area contributed by atoms with Crippen molar-refractivity contribution in [2.75, 3.05) is 20.3 Å². The normalized spacial score (nSPS) is 14.2. The van der Waals surface area contributed by atoms with E-state index in [1.807, 2.05) is 6.92 Å². The summed E-state index contributed by atoms with van der Waals surface area (Å²) < 4.78 is 4.81. The fraction of sp³-hybridized carbons (Fsp3) is 0.500. The second-order valence-electron chi connectivity index (χ2n) is 4.06. The number of nitrogens with one attached hydrogen (secondary N) is 1. The molecule has 0 bridgehead atoms. The van der Waals surface area contributed by atoms with Gasteiger partial charge in [0.15, 0.2) is 0 Å². The van der Waals surface area contributed by atoms with E-state index in [1.54, 1.807) is 18.2 Å². The van der Waals surface area contributed by atoms with Gasteiger partial charge >= 0.3 is 0 Å². The summed E-state index contributed by atoms with van der Waals surface area (Å²) in [5.74, 6) is 0. The molecule has 2 unspecified atom stereocenters. The Balaban J connectivity index is 2.66. The third kappa shape index (κ3) is 4.06. The van der Waals surface area contributed by atoms with E-state index >= 15 is 0 Å². The maximum absolute atomic E-state index is 10.9. The molecule has 0 fully saturated rings. The predicted octanol–water partition coefficient (Wildman–Crippen LogP) is 1.25. The number of hydrogen-bond donors (Lipinski definition) is 2. The lowest BCUT2D eigenvalue weighted by Gasteiger charge is -2.17. The number of benzene rings is 1. The molecule has 1 aromatic rings. The van der Waals surface area contributed by atoms with Crippen molar-refractivity contribution in [2.24, 2.45) is 0 Å². The molecule has 6 nitrogen and oxygen atoms in total. The van der Waals surface area contributed by atoms with Gasteiger partial charge in [-0.15, -0.1) is 0 Å². The Bertz CT molecular complexity index is 397. The number of aliphatic hydroxyl groups is 1. The first kappa shape index (κ1) is 14.6. The first-order chi connectivity index (χ1) is 8.56. The molecule has 0 amide bonds. The summed E-state index contributed by atoms with van der Waals surface area (Å²) in [4.78, 5) is 10.5. The molecule has 0 radical (unpaired) electrons. The number of para-hydroxylation sites is 1. The molecule has 0 saturated carbocycles. The van der Waals surface area contributed by atoms with E-state index < -0.39 is 11.0 Å². The number of rotatable bonds is 7. The van der Waals surface area contributed by atoms with Crippen molar-refractivity contribution in [1.29, 1.82) is 0 Å². The maximum atomic E-state index is 10.9. The lowest BCUT2D eigenvalue weighted by molar-refractivity contribution is -0.385. The van der Waals surface area contributed by atoms with Crippen molar-refractivity contribution < 1.29 is 14.8 Å². The molecule has 0 heterocycles. The van der Waals surface area contributed by atoms with Gasteiger partial charge in [-0.05, 0) is 6.92 Å². The Morgan fingerprint density at radius 2 is 2.17 bits per heavy atom. The van der Waals surface area contributed by atoms with E-state index in [0.717, 1.165) is 0 Å². The van der Waals surface area contributed by atoms with Crippen molar-refractivity contribution in [3.05, 3.63) is 39.9 Å². The molecule has 1 aromatic carbocycles. The SMILES string of the molecule is COCC(O)CNC(C)c1ccccc1[N+](=O)[O-]. The Labute approximate surface area is 106 Å². The number of nitro benzene ring substituents is 1. The summed E-state index contributed by atoms with van der Waals surface area (Å²) in [7, 11) is 1.51. The fourth-order valence-electron chi connectivity index (χ4n) is 1.69. The zero-order valence-corrected chi connectivity index (χ0v) is 10.5. The zero-order chi connectivity index (χ0) is 13.5. The number of aliphatic hydroxyl groups excluding tert-OH is 1. The summed E-state index contributed by atoms with van der Waals surface area (Å²) in [5.41, 5.74) is 0.686. The molecule has 6 heteroatoms. The van der Waals surface area contributed by atoms with E-state index in [-0.39, 0.29) is 18.3 Å². The minimum absolute atomic E-state index is 0.0822. The summed E-state index contributed by atoms with van der Waals surface area (Å²) in [6.07, 6.45) is -0.625. The average molecular weight is 254 g/mol. The van der Waals surface area contributed by atoms with Crippen molar-refractivity contribution in [3.8, 4) is 0 Å². The van der Waals surface area contributed by atoms with Crippen LogP contribution < -0.4 is 5.32 Å². The Hall–Kier alpha value is -1.50. The van der Waals surface area contributed by atoms with E-state index in [2.05, 4.69) is 5.32 Å². The Morgan fingerprint density at radius 1 is 1.50 bits per heavy atom. The largest absolute Gasteiger partial charge is 0.389 e. The molecule has 2 N–H and O–H groups in total. The molecule has 0 spiro atoms. The van der Waals surface area contributed by atoms with Crippen molar-refractivity contribution >= 4 is 5.69 Å². The van der Waals surface area contributed by atoms with Gasteiger partial charge in [0.1, 0.15) is 0 Å². The number of nitrogens with zero attached hydrogens (tertiary/aromatic N) is 1. The van der Waals surface area contributed by atoms with Gasteiger partial charge in [-0.25, -0.2) is 0 Å². The first-order valence-corrected chi connectivity index (χ1v) is 5.70. The lowest BCUT2D eigenvalue weighted by atomic mass is 10.1. The van der Waals surface area contributed by atoms with E-state index in [0.29, 0.717) is 12.1 Å². The molecule has 0 aliphatic carbocycles. The average Bonchev–Trinajstić information content (AvgIpc) is 2.36. The molecular weight excluding hydrogens is 236 g/mol. The van der Waals surface area contributed by atoms with E-state index in [1.165, 1.54) is 13.2 Å². The van der Waals surface area contributed by atoms with Crippen LogP contribution in [-0.4, -0.2) is 36.4 Å². The highest BCUT2D eigenvalue weighted by Crippen LogP contribution is 2.24. The quantitative estimate of drug-likeness (QED) is 0.565. The monoisotopic (exact) mass is 254 g/mol. The topological polar surface area (TPSA) is 84.6 Å². The highest BCUT2D eigenvalue weighted by Gasteiger charge is 2.18. The third-order valence-electron chi connectivity index (χ3n) is 2.62. The molecule has 1 rings (SSSR count). The van der Waals surface area contributed by atoms with Gasteiger partial charge in [-0.3, -0.25) is 10.1 Å². The first-order valence-electron chi connectivity index (χ1n) is 5.70. The highest BCUT2D eigenvalue weighted by atomic mass is 16.6. The molecule has 0 aliphatic rings. The Kier molecular flexibility index (Phi) is 5.70. The van der Waals surface area contributed by atoms with Crippen molar-refractivity contribution in [1.82, 2.24) is 5.32 Å². The minimum atomic E-state index is -0.625. The van der Waals surface area contributed by atoms with Crippen molar-refractivity contribution in [2.45, 2.75) is 19.1 Å². The van der Waals surface area contributed by atoms with Crippen molar-refractivity contribution in [3.63, 3.8) is 0 Å². The van der Waals surface area contributed by atoms with E-state index in [9.17, 15) is 15.2 Å². The second kappa shape index (κ2) is 7.05. The summed E-state index contributed by atoms with van der Waals surface area (Å²) in [5, 5.41) is 23.4. The van der Waals surface area contributed by atoms with Crippen LogP contribution in [0.25, 0.3) is 0 Å². The predicted molar refractivity (Wildman–Crippen MR) is 67.4 cm³/mol. The number of nitro groups is 1. The van der Waals surface area contributed by atoms with Gasteiger partial charge in [0, 0.05) is 31.3 Å². The smallest absolute Gasteiger partial charge is 0.274 e. The van der Waals surface area contributed by atoms with Crippen LogP contribution in [0, 0.1) is 10.1 Å². The minimum Gasteiger partial charge on any atom is -0.389 e. The van der Waals surface area contributed by atoms with Crippen LogP contribution in [0.2, 0.25) is 0 Å². The van der Waals surface area contributed by atoms with Crippen LogP contribution in [-0.2, 0) is 4.74 Å². The van der Waals surface area contributed by atoms with Crippen LogP contribution in [0.5, 0.6) is 0 Å². The maximum Gasteiger partial charge on any atom is 0.274 e. The summed E-state index contributed by atoms with van der Waals surface area (Å²) in [6, 6.07) is 6.36. The highest BCUT2D eigenvalue weighted by molar-refractivity contribution is 5.41. The van der Waals surface area contributed by atoms with Gasteiger partial charge in [0.25, 0.3) is 5.69 Å². The van der Waals surface area contributed by atoms with Gasteiger partial charge in [-0.2, -0.15) is 0 Å². The lowest BCUT2D eigenvalue weighted by Crippen LogP contribution is -2.32. The molecule has 2 atom stereocenters. The second-order valence-corrected chi connectivity index (χ2v) is 4.06. The summed E-state index contributed by atoms with van der Waals surface area (Å²) >= 11 is 0. The zero-order valence-electron chi connectivity index (χ0n) is 10.5. The molecule has 18 heavy (non-hydrogen) atoms. The molecule has 0 aliphatic heterocycles. The van der Waals surface area contributed by atoms with Crippen LogP contribution in [0.1, 0.15) is 18.5 Å². The standard InChI is InChI=1S/C12H18N2O4/c1-9(13-7-10(15)8-18-2)11-5-3-4-6-12(11)14(16)17/h3-6,9-10,13,15H,7-8H2,1-2H3. The van der Waals surface area contributed by atoms with Gasteiger partial charge in [0.05, 0.1) is 17.6 Å².